The molecule has 0 bridgehead atoms. The number of hydrogen-bond acceptors (Lipinski definition) is 4. The second kappa shape index (κ2) is 6.41. The Labute approximate surface area is 159 Å². The average Bonchev–Trinajstić information content (AvgIpc) is 3.01. The number of carbonyl (C=O) groups is 1. The third-order valence-corrected chi connectivity index (χ3v) is 5.84. The molecule has 0 N–H and O–H groups in total. The van der Waals surface area contributed by atoms with Crippen molar-refractivity contribution in [2.24, 2.45) is 10.5 Å². The molecule has 2 atom stereocenters. The highest BCUT2D eigenvalue weighted by atomic mass is 16.5. The van der Waals surface area contributed by atoms with Crippen molar-refractivity contribution in [2.45, 2.75) is 32.7 Å². The van der Waals surface area contributed by atoms with Crippen LogP contribution in [0, 0.1) is 5.41 Å². The number of nitrogens with zero attached hydrogens (tertiary/aromatic N) is 2. The van der Waals surface area contributed by atoms with Gasteiger partial charge in [-0.15, -0.1) is 0 Å². The molecule has 1 aliphatic heterocycles. The Kier molecular flexibility index (Phi) is 4.17. The van der Waals surface area contributed by atoms with E-state index in [4.69, 9.17) is 14.6 Å². The Bertz CT molecular complexity index is 920. The van der Waals surface area contributed by atoms with E-state index in [-0.39, 0.29) is 17.4 Å². The summed E-state index contributed by atoms with van der Waals surface area (Å²) in [5.74, 6) is 1.56. The van der Waals surface area contributed by atoms with Crippen LogP contribution in [0.3, 0.4) is 0 Å². The van der Waals surface area contributed by atoms with Gasteiger partial charge in [0, 0.05) is 17.9 Å². The number of methoxy groups -OCH3 is 2. The molecule has 4 rings (SSSR count). The molecule has 0 saturated heterocycles. The van der Waals surface area contributed by atoms with E-state index in [2.05, 4.69) is 13.0 Å². The number of rotatable bonds is 3. The molecular weight excluding hydrogens is 340 g/mol. The summed E-state index contributed by atoms with van der Waals surface area (Å²) in [5, 5.41) is 6.46. The first kappa shape index (κ1) is 17.6. The summed E-state index contributed by atoms with van der Waals surface area (Å²) >= 11 is 0. The summed E-state index contributed by atoms with van der Waals surface area (Å²) in [4.78, 5) is 12.4. The Morgan fingerprint density at radius 1 is 1.11 bits per heavy atom. The van der Waals surface area contributed by atoms with Gasteiger partial charge in [-0.3, -0.25) is 4.79 Å². The Hall–Kier alpha value is -2.82. The third kappa shape index (κ3) is 2.69. The first-order chi connectivity index (χ1) is 13.0. The summed E-state index contributed by atoms with van der Waals surface area (Å²) in [6.45, 7) is 3.79. The summed E-state index contributed by atoms with van der Waals surface area (Å²) < 4.78 is 10.7. The molecule has 0 radical (unpaired) electrons. The summed E-state index contributed by atoms with van der Waals surface area (Å²) in [6, 6.07) is 13.9. The number of benzene rings is 2. The molecule has 1 amide bonds. The Balaban J connectivity index is 1.84. The van der Waals surface area contributed by atoms with Crippen molar-refractivity contribution in [3.05, 3.63) is 59.2 Å². The smallest absolute Gasteiger partial charge is 0.240 e. The minimum absolute atomic E-state index is 0.0524. The first-order valence-corrected chi connectivity index (χ1v) is 9.18. The van der Waals surface area contributed by atoms with E-state index in [9.17, 15) is 4.79 Å². The van der Waals surface area contributed by atoms with Crippen molar-refractivity contribution >= 4 is 11.6 Å². The van der Waals surface area contributed by atoms with Gasteiger partial charge in [0.2, 0.25) is 5.91 Å². The minimum atomic E-state index is -0.250. The highest BCUT2D eigenvalue weighted by Crippen LogP contribution is 2.52. The van der Waals surface area contributed by atoms with Crippen LogP contribution in [0.2, 0.25) is 0 Å². The number of ether oxygens (including phenoxy) is 2. The molecule has 0 fully saturated rings. The highest BCUT2D eigenvalue weighted by molar-refractivity contribution is 6.09. The second-order valence-electron chi connectivity index (χ2n) is 7.43. The van der Waals surface area contributed by atoms with Crippen LogP contribution in [0.15, 0.2) is 47.6 Å². The van der Waals surface area contributed by atoms with E-state index < -0.39 is 0 Å². The van der Waals surface area contributed by atoms with E-state index in [0.29, 0.717) is 0 Å². The zero-order valence-electron chi connectivity index (χ0n) is 16.2. The van der Waals surface area contributed by atoms with Gasteiger partial charge in [0.15, 0.2) is 0 Å². The van der Waals surface area contributed by atoms with Crippen molar-refractivity contribution in [1.29, 1.82) is 0 Å². The maximum absolute atomic E-state index is 12.4. The minimum Gasteiger partial charge on any atom is -0.497 e. The van der Waals surface area contributed by atoms with Crippen LogP contribution in [-0.2, 0) is 11.2 Å². The van der Waals surface area contributed by atoms with E-state index in [0.717, 1.165) is 41.2 Å². The normalized spacial score (nSPS) is 23.3. The van der Waals surface area contributed by atoms with Crippen LogP contribution in [0.4, 0.5) is 0 Å². The first-order valence-electron chi connectivity index (χ1n) is 9.18. The van der Waals surface area contributed by atoms with Gasteiger partial charge in [-0.2, -0.15) is 5.10 Å². The van der Waals surface area contributed by atoms with Gasteiger partial charge in [-0.25, -0.2) is 5.01 Å². The molecule has 0 saturated carbocycles. The van der Waals surface area contributed by atoms with Crippen molar-refractivity contribution in [1.82, 2.24) is 5.01 Å². The summed E-state index contributed by atoms with van der Waals surface area (Å²) in [7, 11) is 3.32. The fourth-order valence-electron chi connectivity index (χ4n) is 4.36. The average molecular weight is 364 g/mol. The largest absolute Gasteiger partial charge is 0.497 e. The number of carbonyl (C=O) groups excluding carboxylic acids is 1. The predicted molar refractivity (Wildman–Crippen MR) is 104 cm³/mol. The van der Waals surface area contributed by atoms with Gasteiger partial charge in [0.05, 0.1) is 26.0 Å². The third-order valence-electron chi connectivity index (χ3n) is 5.84. The van der Waals surface area contributed by atoms with E-state index >= 15 is 0 Å². The molecule has 1 heterocycles. The molecule has 140 valence electrons. The molecule has 5 nitrogen and oxygen atoms in total. The Morgan fingerprint density at radius 3 is 2.41 bits per heavy atom. The SMILES string of the molecule is COc1ccc([C@@H]2N(C(C)=O)N=C3c4cc(OC)ccc4CC[C@@]32C)cc1. The molecule has 0 aromatic heterocycles. The molecular formula is C22H24N2O3. The zero-order chi connectivity index (χ0) is 19.2. The molecule has 2 aliphatic rings. The summed E-state index contributed by atoms with van der Waals surface area (Å²) in [6.07, 6.45) is 1.89. The summed E-state index contributed by atoms with van der Waals surface area (Å²) in [5.41, 5.74) is 4.13. The molecule has 27 heavy (non-hydrogen) atoms. The van der Waals surface area contributed by atoms with Crippen molar-refractivity contribution < 1.29 is 14.3 Å². The standard InChI is InChI=1S/C22H24N2O3/c1-14(25)24-21(16-6-8-17(26-3)9-7-16)22(2)12-11-15-5-10-18(27-4)13-19(15)20(22)23-24/h5-10,13,21H,11-12H2,1-4H3/t21-,22-/m0/s1. The molecule has 0 unspecified atom stereocenters. The van der Waals surface area contributed by atoms with Gasteiger partial charge in [0.25, 0.3) is 0 Å². The van der Waals surface area contributed by atoms with Crippen LogP contribution in [0.1, 0.15) is 43.0 Å². The van der Waals surface area contributed by atoms with Crippen LogP contribution in [0.5, 0.6) is 11.5 Å². The van der Waals surface area contributed by atoms with Gasteiger partial charge in [-0.05, 0) is 48.2 Å². The van der Waals surface area contributed by atoms with Crippen LogP contribution < -0.4 is 9.47 Å². The molecule has 2 aromatic rings. The van der Waals surface area contributed by atoms with E-state index in [1.54, 1.807) is 26.2 Å². The highest BCUT2D eigenvalue weighted by Gasteiger charge is 2.52. The van der Waals surface area contributed by atoms with E-state index in [1.807, 2.05) is 36.4 Å². The number of fused-ring (bicyclic) bond motifs is 3. The fourth-order valence-corrected chi connectivity index (χ4v) is 4.36. The topological polar surface area (TPSA) is 51.1 Å². The number of aryl methyl sites for hydroxylation is 1. The Morgan fingerprint density at radius 2 is 1.78 bits per heavy atom. The predicted octanol–water partition coefficient (Wildman–Crippen LogP) is 3.96. The van der Waals surface area contributed by atoms with Gasteiger partial charge in [-0.1, -0.05) is 25.1 Å². The monoisotopic (exact) mass is 364 g/mol. The molecule has 2 aromatic carbocycles. The quantitative estimate of drug-likeness (QED) is 0.828. The van der Waals surface area contributed by atoms with Crippen LogP contribution >= 0.6 is 0 Å². The van der Waals surface area contributed by atoms with Crippen molar-refractivity contribution in [2.75, 3.05) is 14.2 Å². The second-order valence-corrected chi connectivity index (χ2v) is 7.43. The van der Waals surface area contributed by atoms with E-state index in [1.165, 1.54) is 5.56 Å². The lowest BCUT2D eigenvalue weighted by Gasteiger charge is -2.38. The molecule has 0 spiro atoms. The van der Waals surface area contributed by atoms with Crippen molar-refractivity contribution in [3.8, 4) is 11.5 Å². The van der Waals surface area contributed by atoms with Gasteiger partial charge in [0.1, 0.15) is 11.5 Å². The fraction of sp³-hybridized carbons (Fsp3) is 0.364. The van der Waals surface area contributed by atoms with Gasteiger partial charge < -0.3 is 9.47 Å². The van der Waals surface area contributed by atoms with Crippen molar-refractivity contribution in [3.63, 3.8) is 0 Å². The van der Waals surface area contributed by atoms with Gasteiger partial charge >= 0.3 is 0 Å². The zero-order valence-corrected chi connectivity index (χ0v) is 16.2. The maximum Gasteiger partial charge on any atom is 0.240 e. The lowest BCUT2D eigenvalue weighted by atomic mass is 9.66. The molecule has 5 heteroatoms. The van der Waals surface area contributed by atoms with Crippen LogP contribution in [0.25, 0.3) is 0 Å². The number of amides is 1. The number of hydrogen-bond donors (Lipinski definition) is 0. The maximum atomic E-state index is 12.4. The lowest BCUT2D eigenvalue weighted by Crippen LogP contribution is -2.39. The number of hydrazone groups is 1. The van der Waals surface area contributed by atoms with Crippen LogP contribution in [-0.4, -0.2) is 30.8 Å². The molecule has 1 aliphatic carbocycles. The lowest BCUT2D eigenvalue weighted by molar-refractivity contribution is -0.132.